The molecule has 0 saturated carbocycles. The lowest BCUT2D eigenvalue weighted by Gasteiger charge is -2.21. The minimum absolute atomic E-state index is 0.0935. The number of hydrogen-bond donors (Lipinski definition) is 0. The fraction of sp³-hybridized carbons (Fsp3) is 0.200. The van der Waals surface area contributed by atoms with Gasteiger partial charge in [0, 0.05) is 16.7 Å². The molecular formula is C20H18O2. The molecule has 0 spiro atoms. The van der Waals surface area contributed by atoms with Gasteiger partial charge in [0.25, 0.3) is 0 Å². The van der Waals surface area contributed by atoms with Gasteiger partial charge in [0.05, 0.1) is 0 Å². The van der Waals surface area contributed by atoms with Crippen LogP contribution in [-0.4, -0.2) is 12.1 Å². The van der Waals surface area contributed by atoms with Gasteiger partial charge < -0.3 is 0 Å². The number of hydrogen-bond acceptors (Lipinski definition) is 2. The quantitative estimate of drug-likeness (QED) is 0.603. The molecule has 0 amide bonds. The fourth-order valence-corrected chi connectivity index (χ4v) is 3.09. The number of ketones is 1. The topological polar surface area (TPSA) is 34.1 Å². The summed E-state index contributed by atoms with van der Waals surface area (Å²) in [5.41, 5.74) is 4.21. The number of carbonyl (C=O) groups is 2. The van der Waals surface area contributed by atoms with E-state index in [1.807, 2.05) is 54.6 Å². The van der Waals surface area contributed by atoms with Crippen molar-refractivity contribution < 1.29 is 9.59 Å². The Bertz CT molecular complexity index is 726. The van der Waals surface area contributed by atoms with E-state index < -0.39 is 0 Å². The highest BCUT2D eigenvalue weighted by Crippen LogP contribution is 2.35. The van der Waals surface area contributed by atoms with Gasteiger partial charge in [-0.15, -0.1) is 0 Å². The van der Waals surface area contributed by atoms with Crippen molar-refractivity contribution in [1.29, 1.82) is 0 Å². The van der Waals surface area contributed by atoms with Crippen molar-refractivity contribution in [3.05, 3.63) is 76.9 Å². The smallest absolute Gasteiger partial charge is 0.189 e. The van der Waals surface area contributed by atoms with Gasteiger partial charge in [-0.25, -0.2) is 0 Å². The van der Waals surface area contributed by atoms with Crippen LogP contribution >= 0.6 is 0 Å². The molecule has 0 fully saturated rings. The van der Waals surface area contributed by atoms with Gasteiger partial charge in [-0.05, 0) is 36.8 Å². The number of benzene rings is 2. The van der Waals surface area contributed by atoms with Crippen molar-refractivity contribution in [1.82, 2.24) is 0 Å². The summed E-state index contributed by atoms with van der Waals surface area (Å²) in [6, 6.07) is 16.9. The normalized spacial score (nSPS) is 14.7. The van der Waals surface area contributed by atoms with Gasteiger partial charge in [-0.3, -0.25) is 9.59 Å². The maximum absolute atomic E-state index is 12.8. The Labute approximate surface area is 130 Å². The van der Waals surface area contributed by atoms with Crippen LogP contribution in [-0.2, 0) is 0 Å². The van der Waals surface area contributed by atoms with Crippen molar-refractivity contribution >= 4 is 17.6 Å². The molecule has 1 aliphatic carbocycles. The second kappa shape index (κ2) is 6.52. The van der Waals surface area contributed by atoms with E-state index in [0.717, 1.165) is 54.2 Å². The largest absolute Gasteiger partial charge is 0.298 e. The number of carbonyl (C=O) groups excluding carboxylic acids is 2. The molecular weight excluding hydrogens is 272 g/mol. The molecule has 0 unspecified atom stereocenters. The average Bonchev–Trinajstić information content (AvgIpc) is 2.62. The summed E-state index contributed by atoms with van der Waals surface area (Å²) >= 11 is 0. The SMILES string of the molecule is O=Cc1ccccc1C1=C(C(=O)c2ccccc2)CCCC1. The second-order valence-corrected chi connectivity index (χ2v) is 5.56. The highest BCUT2D eigenvalue weighted by Gasteiger charge is 2.22. The van der Waals surface area contributed by atoms with Gasteiger partial charge >= 0.3 is 0 Å². The third-order valence-electron chi connectivity index (χ3n) is 4.19. The van der Waals surface area contributed by atoms with Crippen LogP contribution in [0.15, 0.2) is 60.2 Å². The summed E-state index contributed by atoms with van der Waals surface area (Å²) in [7, 11) is 0. The van der Waals surface area contributed by atoms with Gasteiger partial charge in [0.2, 0.25) is 0 Å². The molecule has 22 heavy (non-hydrogen) atoms. The third-order valence-corrected chi connectivity index (χ3v) is 4.19. The molecule has 0 atom stereocenters. The zero-order valence-electron chi connectivity index (χ0n) is 12.4. The van der Waals surface area contributed by atoms with Crippen molar-refractivity contribution in [2.45, 2.75) is 25.7 Å². The monoisotopic (exact) mass is 290 g/mol. The summed E-state index contributed by atoms with van der Waals surface area (Å²) in [5, 5.41) is 0. The number of Topliss-reactive ketones (excluding diaryl/α,β-unsaturated/α-hetero) is 1. The first kappa shape index (κ1) is 14.5. The molecule has 0 saturated heterocycles. The summed E-state index contributed by atoms with van der Waals surface area (Å²) in [5.74, 6) is 0.0935. The Morgan fingerprint density at radius 1 is 0.864 bits per heavy atom. The van der Waals surface area contributed by atoms with E-state index in [1.54, 1.807) is 0 Å². The van der Waals surface area contributed by atoms with Crippen LogP contribution in [0, 0.1) is 0 Å². The van der Waals surface area contributed by atoms with Gasteiger partial charge in [-0.2, -0.15) is 0 Å². The lowest BCUT2D eigenvalue weighted by atomic mass is 9.82. The minimum atomic E-state index is 0.0935. The Balaban J connectivity index is 2.11. The first-order valence-corrected chi connectivity index (χ1v) is 7.67. The standard InChI is InChI=1S/C20H18O2/c21-14-16-10-4-5-11-17(16)18-12-6-7-13-19(18)20(22)15-8-2-1-3-9-15/h1-5,8-11,14H,6-7,12-13H2. The maximum atomic E-state index is 12.8. The Morgan fingerprint density at radius 2 is 1.55 bits per heavy atom. The molecule has 110 valence electrons. The second-order valence-electron chi connectivity index (χ2n) is 5.56. The van der Waals surface area contributed by atoms with Gasteiger partial charge in [0.15, 0.2) is 12.1 Å². The maximum Gasteiger partial charge on any atom is 0.189 e. The predicted octanol–water partition coefficient (Wildman–Crippen LogP) is 4.71. The van der Waals surface area contributed by atoms with Crippen molar-refractivity contribution in [3.63, 3.8) is 0 Å². The lowest BCUT2D eigenvalue weighted by molar-refractivity contribution is 0.102. The number of rotatable bonds is 4. The molecule has 0 aromatic heterocycles. The molecule has 1 aliphatic rings. The highest BCUT2D eigenvalue weighted by atomic mass is 16.1. The first-order valence-electron chi connectivity index (χ1n) is 7.67. The molecule has 2 aromatic carbocycles. The molecule has 0 radical (unpaired) electrons. The van der Waals surface area contributed by atoms with Crippen molar-refractivity contribution in [2.75, 3.05) is 0 Å². The molecule has 0 bridgehead atoms. The van der Waals surface area contributed by atoms with Gasteiger partial charge in [-0.1, -0.05) is 54.6 Å². The van der Waals surface area contributed by atoms with E-state index in [2.05, 4.69) is 0 Å². The van der Waals surface area contributed by atoms with E-state index in [1.165, 1.54) is 0 Å². The third kappa shape index (κ3) is 2.77. The van der Waals surface area contributed by atoms with Crippen LogP contribution in [0.3, 0.4) is 0 Å². The van der Waals surface area contributed by atoms with Crippen LogP contribution in [0.1, 0.15) is 52.0 Å². The van der Waals surface area contributed by atoms with E-state index in [-0.39, 0.29) is 5.78 Å². The summed E-state index contributed by atoms with van der Waals surface area (Å²) in [6.07, 6.45) is 4.62. The fourth-order valence-electron chi connectivity index (χ4n) is 3.09. The lowest BCUT2D eigenvalue weighted by Crippen LogP contribution is -2.11. The average molecular weight is 290 g/mol. The zero-order chi connectivity index (χ0) is 15.4. The van der Waals surface area contributed by atoms with E-state index in [0.29, 0.717) is 5.56 Å². The van der Waals surface area contributed by atoms with Crippen LogP contribution in [0.4, 0.5) is 0 Å². The highest BCUT2D eigenvalue weighted by molar-refractivity contribution is 6.13. The zero-order valence-corrected chi connectivity index (χ0v) is 12.4. The van der Waals surface area contributed by atoms with Crippen LogP contribution in [0.25, 0.3) is 5.57 Å². The van der Waals surface area contributed by atoms with E-state index >= 15 is 0 Å². The van der Waals surface area contributed by atoms with Crippen LogP contribution in [0.2, 0.25) is 0 Å². The van der Waals surface area contributed by atoms with Crippen molar-refractivity contribution in [2.24, 2.45) is 0 Å². The molecule has 3 rings (SSSR count). The summed E-state index contributed by atoms with van der Waals surface area (Å²) in [4.78, 5) is 24.1. The number of allylic oxidation sites excluding steroid dienone is 2. The van der Waals surface area contributed by atoms with Gasteiger partial charge in [0.1, 0.15) is 0 Å². The van der Waals surface area contributed by atoms with Crippen LogP contribution < -0.4 is 0 Å². The molecule has 2 aromatic rings. The number of aldehydes is 1. The molecule has 2 heteroatoms. The Hall–Kier alpha value is -2.48. The van der Waals surface area contributed by atoms with E-state index in [4.69, 9.17) is 0 Å². The summed E-state index contributed by atoms with van der Waals surface area (Å²) < 4.78 is 0. The van der Waals surface area contributed by atoms with E-state index in [9.17, 15) is 9.59 Å². The Kier molecular flexibility index (Phi) is 4.29. The molecule has 2 nitrogen and oxygen atoms in total. The molecule has 0 N–H and O–H groups in total. The van der Waals surface area contributed by atoms with Crippen LogP contribution in [0.5, 0.6) is 0 Å². The Morgan fingerprint density at radius 3 is 2.32 bits per heavy atom. The van der Waals surface area contributed by atoms with Crippen molar-refractivity contribution in [3.8, 4) is 0 Å². The predicted molar refractivity (Wildman–Crippen MR) is 88.0 cm³/mol. The summed E-state index contributed by atoms with van der Waals surface area (Å²) in [6.45, 7) is 0. The molecule has 0 aliphatic heterocycles. The first-order chi connectivity index (χ1) is 10.8. The minimum Gasteiger partial charge on any atom is -0.298 e. The molecule has 0 heterocycles.